The predicted molar refractivity (Wildman–Crippen MR) is 82.3 cm³/mol. The number of hydrogen-bond acceptors (Lipinski definition) is 3. The molecule has 1 atom stereocenters. The Balaban J connectivity index is 2.09. The Morgan fingerprint density at radius 2 is 2.05 bits per heavy atom. The molecule has 2 rings (SSSR count). The molecular weight excluding hydrogens is 346 g/mol. The third-order valence-corrected chi connectivity index (χ3v) is 4.26. The topological polar surface area (TPSA) is 36.4 Å². The van der Waals surface area contributed by atoms with Gasteiger partial charge in [-0.05, 0) is 25.1 Å². The summed E-state index contributed by atoms with van der Waals surface area (Å²) in [4.78, 5) is 0.184. The van der Waals surface area contributed by atoms with Crippen LogP contribution < -0.4 is 10.7 Å². The fourth-order valence-corrected chi connectivity index (χ4v) is 2.28. The van der Waals surface area contributed by atoms with Gasteiger partial charge in [-0.15, -0.1) is 0 Å². The number of nitrogens with zero attached hydrogens (tertiary/aromatic N) is 1. The Bertz CT molecular complexity index is 618. The molecule has 1 aromatic carbocycles. The van der Waals surface area contributed by atoms with Crippen LogP contribution in [0.3, 0.4) is 0 Å². The summed E-state index contributed by atoms with van der Waals surface area (Å²) in [7, 11) is 0. The molecule has 9 heteroatoms. The van der Waals surface area contributed by atoms with E-state index in [1.165, 1.54) is 0 Å². The predicted octanol–water partition coefficient (Wildman–Crippen LogP) is 4.40. The standard InChI is InChI=1S/C12H10Cl2F3N3S/c1-11(5-9(19-20-11)12(15,16)17)10(21)18-6-2-3-7(13)8(14)4-6/h2-4,20H,5H2,1H3,(H,18,21). The maximum absolute atomic E-state index is 12.6. The minimum absolute atomic E-state index is 0.184. The lowest BCUT2D eigenvalue weighted by atomic mass is 9.96. The number of benzene rings is 1. The second-order valence-corrected chi connectivity index (χ2v) is 5.98. The van der Waals surface area contributed by atoms with Crippen LogP contribution in [0, 0.1) is 0 Å². The normalized spacial score (nSPS) is 21.7. The van der Waals surface area contributed by atoms with Gasteiger partial charge in [-0.25, -0.2) is 0 Å². The molecule has 0 saturated carbocycles. The zero-order valence-corrected chi connectivity index (χ0v) is 13.0. The van der Waals surface area contributed by atoms with Crippen LogP contribution in [0.4, 0.5) is 18.9 Å². The summed E-state index contributed by atoms with van der Waals surface area (Å²) in [6, 6.07) is 4.74. The van der Waals surface area contributed by atoms with E-state index in [1.54, 1.807) is 25.1 Å². The number of thiocarbonyl (C=S) groups is 1. The van der Waals surface area contributed by atoms with Crippen molar-refractivity contribution in [2.24, 2.45) is 5.10 Å². The summed E-state index contributed by atoms with van der Waals surface area (Å²) < 4.78 is 37.9. The second-order valence-electron chi connectivity index (χ2n) is 4.76. The number of hydrogen-bond donors (Lipinski definition) is 2. The van der Waals surface area contributed by atoms with Crippen molar-refractivity contribution in [1.82, 2.24) is 5.43 Å². The van der Waals surface area contributed by atoms with E-state index in [2.05, 4.69) is 15.8 Å². The minimum atomic E-state index is -4.47. The van der Waals surface area contributed by atoms with Gasteiger partial charge in [-0.2, -0.15) is 18.3 Å². The Morgan fingerprint density at radius 1 is 1.38 bits per heavy atom. The lowest BCUT2D eigenvalue weighted by molar-refractivity contribution is -0.0601. The number of hydrazone groups is 1. The van der Waals surface area contributed by atoms with Crippen LogP contribution in [0.25, 0.3) is 0 Å². The molecule has 0 aliphatic carbocycles. The summed E-state index contributed by atoms with van der Waals surface area (Å²) in [6.07, 6.45) is -4.81. The van der Waals surface area contributed by atoms with Crippen molar-refractivity contribution in [3.8, 4) is 0 Å². The first-order valence-corrected chi connectivity index (χ1v) is 6.96. The molecule has 0 bridgehead atoms. The van der Waals surface area contributed by atoms with Gasteiger partial charge in [-0.1, -0.05) is 35.4 Å². The fourth-order valence-electron chi connectivity index (χ4n) is 1.74. The van der Waals surface area contributed by atoms with Gasteiger partial charge in [-0.3, -0.25) is 5.43 Å². The quantitative estimate of drug-likeness (QED) is 0.771. The van der Waals surface area contributed by atoms with E-state index in [9.17, 15) is 13.2 Å². The zero-order valence-electron chi connectivity index (χ0n) is 10.7. The molecule has 1 aliphatic rings. The maximum atomic E-state index is 12.6. The highest BCUT2D eigenvalue weighted by Gasteiger charge is 2.46. The fraction of sp³-hybridized carbons (Fsp3) is 0.333. The van der Waals surface area contributed by atoms with Crippen molar-refractivity contribution >= 4 is 51.8 Å². The molecule has 0 aromatic heterocycles. The summed E-state index contributed by atoms with van der Waals surface area (Å²) in [5.74, 6) is 0. The number of nitrogens with one attached hydrogen (secondary N) is 2. The van der Waals surface area contributed by atoms with Crippen molar-refractivity contribution in [2.75, 3.05) is 5.32 Å². The van der Waals surface area contributed by atoms with Crippen molar-refractivity contribution < 1.29 is 13.2 Å². The van der Waals surface area contributed by atoms with Gasteiger partial charge in [0.1, 0.15) is 16.2 Å². The highest BCUT2D eigenvalue weighted by Crippen LogP contribution is 2.30. The molecule has 1 aliphatic heterocycles. The van der Waals surface area contributed by atoms with E-state index in [1.807, 2.05) is 0 Å². The monoisotopic (exact) mass is 355 g/mol. The lowest BCUT2D eigenvalue weighted by Gasteiger charge is -2.25. The van der Waals surface area contributed by atoms with E-state index in [0.717, 1.165) is 0 Å². The summed E-state index contributed by atoms with van der Waals surface area (Å²) in [5, 5.41) is 6.87. The first kappa shape index (κ1) is 16.3. The van der Waals surface area contributed by atoms with Gasteiger partial charge in [0.05, 0.1) is 10.0 Å². The van der Waals surface area contributed by atoms with Crippen molar-refractivity contribution in [3.63, 3.8) is 0 Å². The van der Waals surface area contributed by atoms with Crippen molar-refractivity contribution in [2.45, 2.75) is 25.1 Å². The van der Waals surface area contributed by atoms with Crippen molar-refractivity contribution in [1.29, 1.82) is 0 Å². The van der Waals surface area contributed by atoms with Gasteiger partial charge in [0.2, 0.25) is 0 Å². The highest BCUT2D eigenvalue weighted by molar-refractivity contribution is 7.80. The average Bonchev–Trinajstić information content (AvgIpc) is 2.78. The van der Waals surface area contributed by atoms with Crippen LogP contribution in [-0.2, 0) is 0 Å². The molecule has 1 heterocycles. The zero-order chi connectivity index (χ0) is 15.8. The van der Waals surface area contributed by atoms with E-state index >= 15 is 0 Å². The van der Waals surface area contributed by atoms with Crippen LogP contribution in [-0.4, -0.2) is 22.4 Å². The Hall–Kier alpha value is -1.05. The van der Waals surface area contributed by atoms with Gasteiger partial charge in [0.25, 0.3) is 0 Å². The Kier molecular flexibility index (Phi) is 4.37. The smallest absolute Gasteiger partial charge is 0.348 e. The molecule has 0 radical (unpaired) electrons. The van der Waals surface area contributed by atoms with Crippen LogP contribution in [0.5, 0.6) is 0 Å². The molecule has 1 unspecified atom stereocenters. The van der Waals surface area contributed by atoms with Crippen LogP contribution in [0.2, 0.25) is 10.0 Å². The largest absolute Gasteiger partial charge is 0.431 e. The van der Waals surface area contributed by atoms with Crippen LogP contribution >= 0.6 is 35.4 Å². The highest BCUT2D eigenvalue weighted by atomic mass is 35.5. The maximum Gasteiger partial charge on any atom is 0.431 e. The molecule has 3 nitrogen and oxygen atoms in total. The minimum Gasteiger partial charge on any atom is -0.348 e. The van der Waals surface area contributed by atoms with Crippen LogP contribution in [0.15, 0.2) is 23.3 Å². The third-order valence-electron chi connectivity index (χ3n) is 2.96. The van der Waals surface area contributed by atoms with E-state index in [-0.39, 0.29) is 11.4 Å². The molecule has 114 valence electrons. The van der Waals surface area contributed by atoms with Gasteiger partial charge in [0, 0.05) is 12.1 Å². The lowest BCUT2D eigenvalue weighted by Crippen LogP contribution is -2.47. The summed E-state index contributed by atoms with van der Waals surface area (Å²) in [6.45, 7) is 1.54. The molecule has 0 spiro atoms. The molecule has 0 saturated heterocycles. The number of anilines is 1. The third kappa shape index (κ3) is 3.59. The first-order valence-electron chi connectivity index (χ1n) is 5.79. The van der Waals surface area contributed by atoms with E-state index in [4.69, 9.17) is 35.4 Å². The van der Waals surface area contributed by atoms with Gasteiger partial charge >= 0.3 is 6.18 Å². The number of rotatable bonds is 2. The molecule has 0 fully saturated rings. The Morgan fingerprint density at radius 3 is 2.57 bits per heavy atom. The van der Waals surface area contributed by atoms with Crippen molar-refractivity contribution in [3.05, 3.63) is 28.2 Å². The number of halogens is 5. The first-order chi connectivity index (χ1) is 9.62. The molecule has 21 heavy (non-hydrogen) atoms. The molecule has 1 aromatic rings. The van der Waals surface area contributed by atoms with Gasteiger partial charge < -0.3 is 5.32 Å². The van der Waals surface area contributed by atoms with Crippen LogP contribution in [0.1, 0.15) is 13.3 Å². The van der Waals surface area contributed by atoms with E-state index in [0.29, 0.717) is 15.7 Å². The van der Waals surface area contributed by atoms with E-state index < -0.39 is 17.4 Å². The molecule has 0 amide bonds. The van der Waals surface area contributed by atoms with Gasteiger partial charge in [0.15, 0.2) is 0 Å². The molecular formula is C12H10Cl2F3N3S. The second kappa shape index (κ2) is 5.62. The Labute approximate surface area is 134 Å². The SMILES string of the molecule is CC1(C(=S)Nc2ccc(Cl)c(Cl)c2)CC(C(F)(F)F)=NN1. The summed E-state index contributed by atoms with van der Waals surface area (Å²) >= 11 is 16.8. The number of alkyl halides is 3. The molecule has 2 N–H and O–H groups in total. The summed E-state index contributed by atoms with van der Waals surface area (Å²) in [5.41, 5.74) is 0.990. The average molecular weight is 356 g/mol.